The van der Waals surface area contributed by atoms with Crippen LogP contribution in [0.4, 0.5) is 0 Å². The normalized spacial score (nSPS) is 11.7. The van der Waals surface area contributed by atoms with Gasteiger partial charge in [-0.1, -0.05) is 61.8 Å². The summed E-state index contributed by atoms with van der Waals surface area (Å²) in [6.07, 6.45) is 0. The molecule has 0 N–H and O–H groups in total. The number of aryl methyl sites for hydroxylation is 2. The third kappa shape index (κ3) is 3.74. The van der Waals surface area contributed by atoms with E-state index in [-0.39, 0.29) is 5.41 Å². The quantitative estimate of drug-likeness (QED) is 0.714. The average molecular weight is 307 g/mol. The highest BCUT2D eigenvalue weighted by Crippen LogP contribution is 2.32. The second-order valence-electron chi connectivity index (χ2n) is 5.97. The number of nitrogens with zero attached hydrogens (tertiary/aromatic N) is 2. The summed E-state index contributed by atoms with van der Waals surface area (Å²) in [6.45, 7) is 10.5. The van der Waals surface area contributed by atoms with Gasteiger partial charge in [0, 0.05) is 16.4 Å². The van der Waals surface area contributed by atoms with Crippen LogP contribution in [0.3, 0.4) is 0 Å². The number of benzene rings is 1. The lowest BCUT2D eigenvalue weighted by atomic mass is 9.96. The lowest BCUT2D eigenvalue weighted by Gasteiger charge is -2.17. The van der Waals surface area contributed by atoms with Gasteiger partial charge in [0.1, 0.15) is 16.0 Å². The summed E-state index contributed by atoms with van der Waals surface area (Å²) in [5, 5.41) is 1.39. The minimum atomic E-state index is -0.109. The Morgan fingerprint density at radius 3 is 2.35 bits per heavy atom. The molecule has 0 aliphatic carbocycles. The van der Waals surface area contributed by atoms with Crippen LogP contribution in [0, 0.1) is 13.8 Å². The number of hydrogen-bond acceptors (Lipinski definition) is 3. The summed E-state index contributed by atoms with van der Waals surface area (Å²) in [5.74, 6) is 0.775. The van der Waals surface area contributed by atoms with Crippen LogP contribution in [0.15, 0.2) is 34.2 Å². The molecule has 1 heterocycles. The van der Waals surface area contributed by atoms with Gasteiger partial charge in [0.2, 0.25) is 0 Å². The van der Waals surface area contributed by atoms with E-state index in [9.17, 15) is 0 Å². The molecule has 0 spiro atoms. The first-order valence-electron chi connectivity index (χ1n) is 6.56. The van der Waals surface area contributed by atoms with Crippen LogP contribution in [0.25, 0.3) is 0 Å². The Morgan fingerprint density at radius 2 is 1.75 bits per heavy atom. The maximum atomic E-state index is 6.12. The molecule has 20 heavy (non-hydrogen) atoms. The van der Waals surface area contributed by atoms with Crippen LogP contribution >= 0.6 is 23.4 Å². The van der Waals surface area contributed by atoms with Crippen LogP contribution in [-0.2, 0) is 5.41 Å². The molecule has 4 heteroatoms. The van der Waals surface area contributed by atoms with Gasteiger partial charge in [-0.2, -0.15) is 0 Å². The molecule has 0 atom stereocenters. The standard InChI is InChI=1S/C16H19ClN2S/c1-10-6-7-12(11(2)8-10)20-14-9-13(17)18-15(19-14)16(3,4)5/h6-9H,1-5H3. The van der Waals surface area contributed by atoms with Crippen molar-refractivity contribution in [1.82, 2.24) is 9.97 Å². The predicted octanol–water partition coefficient (Wildman–Crippen LogP) is 5.20. The molecule has 0 radical (unpaired) electrons. The third-order valence-electron chi connectivity index (χ3n) is 2.89. The van der Waals surface area contributed by atoms with Crippen molar-refractivity contribution in [3.63, 3.8) is 0 Å². The minimum Gasteiger partial charge on any atom is -0.226 e. The first-order valence-corrected chi connectivity index (χ1v) is 7.75. The molecule has 106 valence electrons. The number of aromatic nitrogens is 2. The van der Waals surface area contributed by atoms with Crippen molar-refractivity contribution in [3.05, 3.63) is 46.4 Å². The maximum Gasteiger partial charge on any atom is 0.136 e. The molecule has 0 bridgehead atoms. The van der Waals surface area contributed by atoms with Gasteiger partial charge in [-0.05, 0) is 25.5 Å². The van der Waals surface area contributed by atoms with Crippen molar-refractivity contribution in [2.75, 3.05) is 0 Å². The topological polar surface area (TPSA) is 25.8 Å². The van der Waals surface area contributed by atoms with Crippen molar-refractivity contribution in [2.45, 2.75) is 50.0 Å². The van der Waals surface area contributed by atoms with E-state index in [4.69, 9.17) is 11.6 Å². The van der Waals surface area contributed by atoms with Gasteiger partial charge in [-0.25, -0.2) is 9.97 Å². The maximum absolute atomic E-state index is 6.12. The molecule has 2 aromatic rings. The highest BCUT2D eigenvalue weighted by Gasteiger charge is 2.19. The van der Waals surface area contributed by atoms with E-state index >= 15 is 0 Å². The fourth-order valence-electron chi connectivity index (χ4n) is 1.81. The van der Waals surface area contributed by atoms with Gasteiger partial charge in [0.15, 0.2) is 0 Å². The number of rotatable bonds is 2. The summed E-state index contributed by atoms with van der Waals surface area (Å²) < 4.78 is 0. The molecular formula is C16H19ClN2S. The SMILES string of the molecule is Cc1ccc(Sc2cc(Cl)nc(C(C)(C)C)n2)c(C)c1. The molecule has 0 aliphatic rings. The smallest absolute Gasteiger partial charge is 0.136 e. The second kappa shape index (κ2) is 5.74. The Labute approximate surface area is 130 Å². The highest BCUT2D eigenvalue weighted by molar-refractivity contribution is 7.99. The lowest BCUT2D eigenvalue weighted by molar-refractivity contribution is 0.538. The monoisotopic (exact) mass is 306 g/mol. The highest BCUT2D eigenvalue weighted by atomic mass is 35.5. The molecular weight excluding hydrogens is 288 g/mol. The zero-order chi connectivity index (χ0) is 14.9. The molecule has 0 fully saturated rings. The molecule has 0 amide bonds. The third-order valence-corrected chi connectivity index (χ3v) is 4.18. The van der Waals surface area contributed by atoms with Crippen molar-refractivity contribution in [2.24, 2.45) is 0 Å². The van der Waals surface area contributed by atoms with E-state index in [1.54, 1.807) is 11.8 Å². The van der Waals surface area contributed by atoms with Gasteiger partial charge in [-0.3, -0.25) is 0 Å². The van der Waals surface area contributed by atoms with E-state index in [2.05, 4.69) is 62.8 Å². The fraction of sp³-hybridized carbons (Fsp3) is 0.375. The van der Waals surface area contributed by atoms with Gasteiger partial charge in [0.25, 0.3) is 0 Å². The Morgan fingerprint density at radius 1 is 1.05 bits per heavy atom. The molecule has 0 aliphatic heterocycles. The Hall–Kier alpha value is -1.06. The summed E-state index contributed by atoms with van der Waals surface area (Å²) in [7, 11) is 0. The van der Waals surface area contributed by atoms with Crippen LogP contribution in [0.5, 0.6) is 0 Å². The predicted molar refractivity (Wildman–Crippen MR) is 85.8 cm³/mol. The molecule has 0 saturated carbocycles. The van der Waals surface area contributed by atoms with E-state index in [0.29, 0.717) is 5.15 Å². The summed E-state index contributed by atoms with van der Waals surface area (Å²) in [6, 6.07) is 8.24. The van der Waals surface area contributed by atoms with Gasteiger partial charge in [-0.15, -0.1) is 0 Å². The second-order valence-corrected chi connectivity index (χ2v) is 7.42. The minimum absolute atomic E-state index is 0.109. The van der Waals surface area contributed by atoms with Crippen molar-refractivity contribution >= 4 is 23.4 Å². The molecule has 0 unspecified atom stereocenters. The summed E-state index contributed by atoms with van der Waals surface area (Å²) >= 11 is 7.75. The Balaban J connectivity index is 2.36. The van der Waals surface area contributed by atoms with E-state index < -0.39 is 0 Å². The van der Waals surface area contributed by atoms with Crippen LogP contribution < -0.4 is 0 Å². The number of hydrogen-bond donors (Lipinski definition) is 0. The van der Waals surface area contributed by atoms with Crippen LogP contribution in [0.2, 0.25) is 5.15 Å². The lowest BCUT2D eigenvalue weighted by Crippen LogP contribution is -2.16. The fourth-order valence-corrected chi connectivity index (χ4v) is 2.94. The van der Waals surface area contributed by atoms with Crippen molar-refractivity contribution in [1.29, 1.82) is 0 Å². The molecule has 0 saturated heterocycles. The molecule has 1 aromatic carbocycles. The van der Waals surface area contributed by atoms with E-state index in [1.807, 2.05) is 6.07 Å². The van der Waals surface area contributed by atoms with Crippen LogP contribution in [0.1, 0.15) is 37.7 Å². The van der Waals surface area contributed by atoms with Crippen molar-refractivity contribution < 1.29 is 0 Å². The summed E-state index contributed by atoms with van der Waals surface area (Å²) in [4.78, 5) is 10.2. The summed E-state index contributed by atoms with van der Waals surface area (Å²) in [5.41, 5.74) is 2.41. The first-order chi connectivity index (χ1) is 9.25. The van der Waals surface area contributed by atoms with Gasteiger partial charge >= 0.3 is 0 Å². The van der Waals surface area contributed by atoms with Crippen LogP contribution in [-0.4, -0.2) is 9.97 Å². The zero-order valence-corrected chi connectivity index (χ0v) is 14.1. The largest absolute Gasteiger partial charge is 0.226 e. The molecule has 2 rings (SSSR count). The average Bonchev–Trinajstić information content (AvgIpc) is 2.31. The van der Waals surface area contributed by atoms with Gasteiger partial charge in [0.05, 0.1) is 0 Å². The van der Waals surface area contributed by atoms with Crippen molar-refractivity contribution in [3.8, 4) is 0 Å². The molecule has 1 aromatic heterocycles. The molecule has 2 nitrogen and oxygen atoms in total. The number of halogens is 1. The van der Waals surface area contributed by atoms with E-state index in [1.165, 1.54) is 16.0 Å². The zero-order valence-electron chi connectivity index (χ0n) is 12.5. The first kappa shape index (κ1) is 15.3. The Kier molecular flexibility index (Phi) is 4.40. The Bertz CT molecular complexity index is 633. The van der Waals surface area contributed by atoms with Gasteiger partial charge < -0.3 is 0 Å². The van der Waals surface area contributed by atoms with E-state index in [0.717, 1.165) is 10.9 Å².